The van der Waals surface area contributed by atoms with Crippen LogP contribution >= 0.6 is 11.6 Å². The average molecular weight is 380 g/mol. The Kier molecular flexibility index (Phi) is 6.62. The number of amides is 2. The van der Waals surface area contributed by atoms with Crippen LogP contribution in [0.1, 0.15) is 17.3 Å². The van der Waals surface area contributed by atoms with Gasteiger partial charge in [-0.15, -0.1) is 0 Å². The predicted octanol–water partition coefficient (Wildman–Crippen LogP) is 2.17. The van der Waals surface area contributed by atoms with Crippen LogP contribution in [0, 0.1) is 5.82 Å². The van der Waals surface area contributed by atoms with Crippen LogP contribution in [0.3, 0.4) is 0 Å². The van der Waals surface area contributed by atoms with Crippen molar-refractivity contribution in [3.63, 3.8) is 0 Å². The molecule has 0 aliphatic rings. The molecule has 2 amide bonds. The number of halogens is 2. The lowest BCUT2D eigenvalue weighted by molar-refractivity contribution is -0.152. The fourth-order valence-electron chi connectivity index (χ4n) is 1.86. The van der Waals surface area contributed by atoms with E-state index in [-0.39, 0.29) is 11.4 Å². The van der Waals surface area contributed by atoms with Crippen LogP contribution in [0.15, 0.2) is 42.6 Å². The van der Waals surface area contributed by atoms with Crippen molar-refractivity contribution in [1.29, 1.82) is 0 Å². The number of nitrogens with zero attached hydrogens (tertiary/aromatic N) is 1. The van der Waals surface area contributed by atoms with E-state index in [0.29, 0.717) is 5.02 Å². The van der Waals surface area contributed by atoms with Crippen molar-refractivity contribution in [2.75, 3.05) is 11.9 Å². The Morgan fingerprint density at radius 2 is 1.96 bits per heavy atom. The summed E-state index contributed by atoms with van der Waals surface area (Å²) in [6.45, 7) is 0.853. The zero-order valence-electron chi connectivity index (χ0n) is 13.7. The molecule has 9 heteroatoms. The summed E-state index contributed by atoms with van der Waals surface area (Å²) in [4.78, 5) is 39.4. The molecule has 26 heavy (non-hydrogen) atoms. The quantitative estimate of drug-likeness (QED) is 0.750. The Bertz CT molecular complexity index is 814. The van der Waals surface area contributed by atoms with Crippen LogP contribution in [-0.2, 0) is 14.3 Å². The molecule has 1 heterocycles. The van der Waals surface area contributed by atoms with Crippen molar-refractivity contribution in [3.05, 3.63) is 59.0 Å². The number of carbonyl (C=O) groups is 3. The van der Waals surface area contributed by atoms with Crippen LogP contribution in [0.4, 0.5) is 10.2 Å². The van der Waals surface area contributed by atoms with Gasteiger partial charge in [0.15, 0.2) is 6.10 Å². The van der Waals surface area contributed by atoms with Crippen molar-refractivity contribution < 1.29 is 23.5 Å². The molecule has 2 rings (SSSR count). The maximum atomic E-state index is 13.5. The molecule has 136 valence electrons. The highest BCUT2D eigenvalue weighted by Gasteiger charge is 2.19. The van der Waals surface area contributed by atoms with E-state index in [1.54, 1.807) is 6.07 Å². The van der Waals surface area contributed by atoms with Crippen LogP contribution in [-0.4, -0.2) is 35.4 Å². The minimum Gasteiger partial charge on any atom is -0.451 e. The maximum Gasteiger partial charge on any atom is 0.326 e. The zero-order chi connectivity index (χ0) is 19.1. The van der Waals surface area contributed by atoms with Gasteiger partial charge in [0, 0.05) is 6.20 Å². The molecule has 0 saturated carbocycles. The Labute approximate surface area is 153 Å². The highest BCUT2D eigenvalue weighted by atomic mass is 35.5. The lowest BCUT2D eigenvalue weighted by atomic mass is 10.2. The number of hydrogen-bond acceptors (Lipinski definition) is 5. The zero-order valence-corrected chi connectivity index (χ0v) is 14.4. The number of pyridine rings is 1. The monoisotopic (exact) mass is 379 g/mol. The lowest BCUT2D eigenvalue weighted by Crippen LogP contribution is -2.36. The number of carbonyl (C=O) groups excluding carboxylic acids is 3. The number of aromatic nitrogens is 1. The van der Waals surface area contributed by atoms with Crippen LogP contribution in [0.25, 0.3) is 0 Å². The number of benzene rings is 1. The summed E-state index contributed by atoms with van der Waals surface area (Å²) in [7, 11) is 0. The number of hydrogen-bond donors (Lipinski definition) is 2. The summed E-state index contributed by atoms with van der Waals surface area (Å²) in [5.41, 5.74) is -0.195. The first-order valence-corrected chi connectivity index (χ1v) is 7.89. The van der Waals surface area contributed by atoms with Crippen LogP contribution in [0.2, 0.25) is 5.02 Å². The molecule has 0 saturated heterocycles. The summed E-state index contributed by atoms with van der Waals surface area (Å²) in [6.07, 6.45) is 0.233. The standard InChI is InChI=1S/C17H15ClFN3O4/c1-10(16(24)22-14-7-6-11(18)8-20-14)26-15(23)9-21-17(25)12-4-2-3-5-13(12)19/h2-8,10H,9H2,1H3,(H,21,25)(H,20,22,24)/t10-/m0/s1. The van der Waals surface area contributed by atoms with E-state index < -0.39 is 36.2 Å². The van der Waals surface area contributed by atoms with Gasteiger partial charge >= 0.3 is 5.97 Å². The topological polar surface area (TPSA) is 97.4 Å². The minimum absolute atomic E-state index is 0.195. The number of esters is 1. The Balaban J connectivity index is 1.81. The molecule has 1 atom stereocenters. The van der Waals surface area contributed by atoms with Gasteiger partial charge in [-0.1, -0.05) is 23.7 Å². The largest absolute Gasteiger partial charge is 0.451 e. The van der Waals surface area contributed by atoms with Crippen LogP contribution in [0.5, 0.6) is 0 Å². The first-order valence-electron chi connectivity index (χ1n) is 7.51. The summed E-state index contributed by atoms with van der Waals surface area (Å²) in [5.74, 6) is -2.67. The summed E-state index contributed by atoms with van der Waals surface area (Å²) in [6, 6.07) is 8.38. The number of rotatable bonds is 6. The fourth-order valence-corrected chi connectivity index (χ4v) is 1.97. The summed E-state index contributed by atoms with van der Waals surface area (Å²) >= 11 is 5.69. The second-order valence-electron chi connectivity index (χ2n) is 5.15. The first kappa shape index (κ1) is 19.3. The van der Waals surface area contributed by atoms with Crippen molar-refractivity contribution in [2.24, 2.45) is 0 Å². The highest BCUT2D eigenvalue weighted by molar-refractivity contribution is 6.30. The van der Waals surface area contributed by atoms with E-state index >= 15 is 0 Å². The van der Waals surface area contributed by atoms with Gasteiger partial charge in [-0.05, 0) is 31.2 Å². The van der Waals surface area contributed by atoms with Crippen molar-refractivity contribution in [2.45, 2.75) is 13.0 Å². The van der Waals surface area contributed by atoms with Crippen molar-refractivity contribution >= 4 is 35.2 Å². The van der Waals surface area contributed by atoms with E-state index in [0.717, 1.165) is 6.07 Å². The molecule has 0 radical (unpaired) electrons. The molecule has 2 N–H and O–H groups in total. The predicted molar refractivity (Wildman–Crippen MR) is 92.2 cm³/mol. The van der Waals surface area contributed by atoms with Gasteiger partial charge in [-0.2, -0.15) is 0 Å². The van der Waals surface area contributed by atoms with Gasteiger partial charge in [0.2, 0.25) is 0 Å². The fraction of sp³-hybridized carbons (Fsp3) is 0.176. The molecular formula is C17H15ClFN3O4. The molecule has 0 unspecified atom stereocenters. The van der Waals surface area contributed by atoms with Gasteiger partial charge in [0.1, 0.15) is 18.2 Å². The lowest BCUT2D eigenvalue weighted by Gasteiger charge is -2.13. The third-order valence-corrected chi connectivity index (χ3v) is 3.39. The second kappa shape index (κ2) is 8.91. The molecule has 2 aromatic rings. The summed E-state index contributed by atoms with van der Waals surface area (Å²) < 4.78 is 18.4. The second-order valence-corrected chi connectivity index (χ2v) is 5.58. The third-order valence-electron chi connectivity index (χ3n) is 3.17. The molecule has 0 aliphatic carbocycles. The van der Waals surface area contributed by atoms with E-state index in [9.17, 15) is 18.8 Å². The molecular weight excluding hydrogens is 365 g/mol. The van der Waals surface area contributed by atoms with Gasteiger partial charge in [0.05, 0.1) is 10.6 Å². The Morgan fingerprint density at radius 1 is 1.23 bits per heavy atom. The van der Waals surface area contributed by atoms with Gasteiger partial charge < -0.3 is 15.4 Å². The smallest absolute Gasteiger partial charge is 0.326 e. The molecule has 0 spiro atoms. The van der Waals surface area contributed by atoms with Crippen molar-refractivity contribution in [3.8, 4) is 0 Å². The number of ether oxygens (including phenoxy) is 1. The van der Waals surface area contributed by atoms with Crippen molar-refractivity contribution in [1.82, 2.24) is 10.3 Å². The number of anilines is 1. The molecule has 7 nitrogen and oxygen atoms in total. The Hall–Kier alpha value is -3.00. The molecule has 0 aliphatic heterocycles. The van der Waals surface area contributed by atoms with Gasteiger partial charge in [-0.25, -0.2) is 9.37 Å². The molecule has 0 bridgehead atoms. The van der Waals surface area contributed by atoms with Gasteiger partial charge in [-0.3, -0.25) is 14.4 Å². The van der Waals surface area contributed by atoms with E-state index in [2.05, 4.69) is 15.6 Å². The van der Waals surface area contributed by atoms with E-state index in [1.807, 2.05) is 0 Å². The molecule has 0 fully saturated rings. The Morgan fingerprint density at radius 3 is 2.62 bits per heavy atom. The third kappa shape index (κ3) is 5.52. The number of nitrogens with one attached hydrogen (secondary N) is 2. The SMILES string of the molecule is C[C@H](OC(=O)CNC(=O)c1ccccc1F)C(=O)Nc1ccc(Cl)cn1. The highest BCUT2D eigenvalue weighted by Crippen LogP contribution is 2.10. The minimum atomic E-state index is -1.12. The normalized spacial score (nSPS) is 11.3. The summed E-state index contributed by atoms with van der Waals surface area (Å²) in [5, 5.41) is 5.09. The van der Waals surface area contributed by atoms with Gasteiger partial charge in [0.25, 0.3) is 11.8 Å². The first-order chi connectivity index (χ1) is 12.4. The average Bonchev–Trinajstić information content (AvgIpc) is 2.62. The maximum absolute atomic E-state index is 13.5. The molecule has 1 aromatic carbocycles. The molecule has 1 aromatic heterocycles. The van der Waals surface area contributed by atoms with E-state index in [4.69, 9.17) is 16.3 Å². The van der Waals surface area contributed by atoms with E-state index in [1.165, 1.54) is 37.4 Å². The van der Waals surface area contributed by atoms with Crippen LogP contribution < -0.4 is 10.6 Å².